The average Bonchev–Trinajstić information content (AvgIpc) is 2.55. The van der Waals surface area contributed by atoms with Crippen LogP contribution in [0.1, 0.15) is 12.5 Å². The summed E-state index contributed by atoms with van der Waals surface area (Å²) in [4.78, 5) is 12.3. The number of hydrogen-bond donors (Lipinski definition) is 3. The Morgan fingerprint density at radius 3 is 2.57 bits per heavy atom. The normalized spacial score (nSPS) is 16.3. The minimum absolute atomic E-state index is 0.0266. The van der Waals surface area contributed by atoms with Gasteiger partial charge in [0.25, 0.3) is 0 Å². The molecule has 21 heavy (non-hydrogen) atoms. The Balaban J connectivity index is 1.66. The maximum atomic E-state index is 12.3. The van der Waals surface area contributed by atoms with Gasteiger partial charge in [0.15, 0.2) is 0 Å². The van der Waals surface area contributed by atoms with E-state index < -0.39 is 0 Å². The van der Waals surface area contributed by atoms with E-state index in [-0.39, 0.29) is 11.9 Å². The highest BCUT2D eigenvalue weighted by atomic mass is 16.2. The van der Waals surface area contributed by atoms with E-state index in [1.807, 2.05) is 48.5 Å². The van der Waals surface area contributed by atoms with E-state index in [0.717, 1.165) is 23.5 Å². The first kappa shape index (κ1) is 13.5. The van der Waals surface area contributed by atoms with Crippen LogP contribution < -0.4 is 16.0 Å². The number of anilines is 3. The summed E-state index contributed by atoms with van der Waals surface area (Å²) in [5.41, 5.74) is 4.09. The number of nitrogens with one attached hydrogen (secondary N) is 3. The highest BCUT2D eigenvalue weighted by Crippen LogP contribution is 2.25. The van der Waals surface area contributed by atoms with Crippen LogP contribution >= 0.6 is 0 Å². The number of para-hydroxylation sites is 2. The Morgan fingerprint density at radius 2 is 1.86 bits per heavy atom. The zero-order valence-electron chi connectivity index (χ0n) is 12.0. The zero-order valence-corrected chi connectivity index (χ0v) is 12.0. The van der Waals surface area contributed by atoms with Crippen molar-refractivity contribution in [2.24, 2.45) is 0 Å². The average molecular weight is 281 g/mol. The molecule has 1 amide bonds. The van der Waals surface area contributed by atoms with Crippen molar-refractivity contribution < 1.29 is 4.79 Å². The van der Waals surface area contributed by atoms with Gasteiger partial charge in [-0.15, -0.1) is 0 Å². The molecular weight excluding hydrogens is 262 g/mol. The van der Waals surface area contributed by atoms with Crippen LogP contribution in [0, 0.1) is 0 Å². The number of fused-ring (bicyclic) bond motifs is 1. The molecule has 0 spiro atoms. The van der Waals surface area contributed by atoms with Gasteiger partial charge in [-0.25, -0.2) is 0 Å². The lowest BCUT2D eigenvalue weighted by Crippen LogP contribution is -2.42. The standard InChI is InChI=1S/C17H19N3O/c1-2-12-7-9-13(10-8-12)19-17(21)16-11-18-14-5-3-4-6-15(14)20-16/h3-10,16,18,20H,2,11H2,1H3,(H,19,21). The summed E-state index contributed by atoms with van der Waals surface area (Å²) < 4.78 is 0. The summed E-state index contributed by atoms with van der Waals surface area (Å²) in [6.07, 6.45) is 0.999. The van der Waals surface area contributed by atoms with Crippen LogP contribution in [-0.2, 0) is 11.2 Å². The lowest BCUT2D eigenvalue weighted by molar-refractivity contribution is -0.116. The first-order chi connectivity index (χ1) is 10.3. The molecule has 1 atom stereocenters. The van der Waals surface area contributed by atoms with Gasteiger partial charge in [0.2, 0.25) is 5.91 Å². The number of hydrogen-bond acceptors (Lipinski definition) is 3. The second kappa shape index (κ2) is 5.87. The number of carbonyl (C=O) groups is 1. The van der Waals surface area contributed by atoms with Crippen molar-refractivity contribution in [1.29, 1.82) is 0 Å². The van der Waals surface area contributed by atoms with Crippen molar-refractivity contribution in [2.75, 3.05) is 22.5 Å². The molecule has 0 saturated carbocycles. The summed E-state index contributed by atoms with van der Waals surface area (Å²) in [6, 6.07) is 15.6. The molecule has 3 N–H and O–H groups in total. The fourth-order valence-corrected chi connectivity index (χ4v) is 2.43. The van der Waals surface area contributed by atoms with Crippen molar-refractivity contribution >= 4 is 23.0 Å². The van der Waals surface area contributed by atoms with E-state index in [0.29, 0.717) is 6.54 Å². The predicted molar refractivity (Wildman–Crippen MR) is 86.8 cm³/mol. The third kappa shape index (κ3) is 2.99. The lowest BCUT2D eigenvalue weighted by atomic mass is 10.1. The zero-order chi connectivity index (χ0) is 14.7. The summed E-state index contributed by atoms with van der Waals surface area (Å²) in [7, 11) is 0. The van der Waals surface area contributed by atoms with Gasteiger partial charge >= 0.3 is 0 Å². The number of amides is 1. The summed E-state index contributed by atoms with van der Waals surface area (Å²) >= 11 is 0. The van der Waals surface area contributed by atoms with Gasteiger partial charge in [-0.2, -0.15) is 0 Å². The van der Waals surface area contributed by atoms with Crippen molar-refractivity contribution in [3.05, 3.63) is 54.1 Å². The highest BCUT2D eigenvalue weighted by Gasteiger charge is 2.23. The van der Waals surface area contributed by atoms with Crippen molar-refractivity contribution in [3.8, 4) is 0 Å². The quantitative estimate of drug-likeness (QED) is 0.810. The Bertz CT molecular complexity index is 637. The van der Waals surface area contributed by atoms with Crippen LogP contribution in [0.2, 0.25) is 0 Å². The molecule has 1 heterocycles. The molecule has 0 saturated heterocycles. The van der Waals surface area contributed by atoms with Gasteiger partial charge in [0.1, 0.15) is 6.04 Å². The molecule has 0 aromatic heterocycles. The first-order valence-electron chi connectivity index (χ1n) is 7.25. The van der Waals surface area contributed by atoms with Gasteiger partial charge in [-0.1, -0.05) is 31.2 Å². The molecular formula is C17H19N3O. The number of benzene rings is 2. The fourth-order valence-electron chi connectivity index (χ4n) is 2.43. The highest BCUT2D eigenvalue weighted by molar-refractivity contribution is 5.98. The van der Waals surface area contributed by atoms with Gasteiger partial charge < -0.3 is 16.0 Å². The maximum absolute atomic E-state index is 12.3. The Kier molecular flexibility index (Phi) is 3.77. The van der Waals surface area contributed by atoms with Gasteiger partial charge in [0.05, 0.1) is 11.4 Å². The SMILES string of the molecule is CCc1ccc(NC(=O)C2CNc3ccccc3N2)cc1. The fraction of sp³-hybridized carbons (Fsp3) is 0.235. The van der Waals surface area contributed by atoms with Crippen molar-refractivity contribution in [2.45, 2.75) is 19.4 Å². The minimum atomic E-state index is -0.272. The molecule has 4 heteroatoms. The minimum Gasteiger partial charge on any atom is -0.381 e. The lowest BCUT2D eigenvalue weighted by Gasteiger charge is -2.27. The summed E-state index contributed by atoms with van der Waals surface area (Å²) in [5.74, 6) is -0.0266. The van der Waals surface area contributed by atoms with E-state index in [4.69, 9.17) is 0 Å². The maximum Gasteiger partial charge on any atom is 0.248 e. The second-order valence-corrected chi connectivity index (χ2v) is 5.16. The van der Waals surface area contributed by atoms with Crippen LogP contribution in [-0.4, -0.2) is 18.5 Å². The molecule has 1 unspecified atom stereocenters. The topological polar surface area (TPSA) is 53.2 Å². The van der Waals surface area contributed by atoms with Crippen LogP contribution in [0.15, 0.2) is 48.5 Å². The molecule has 0 radical (unpaired) electrons. The third-order valence-corrected chi connectivity index (χ3v) is 3.70. The molecule has 2 aromatic carbocycles. The number of aryl methyl sites for hydroxylation is 1. The molecule has 4 nitrogen and oxygen atoms in total. The molecule has 2 aromatic rings. The number of rotatable bonds is 3. The van der Waals surface area contributed by atoms with Gasteiger partial charge in [-0.3, -0.25) is 4.79 Å². The Morgan fingerprint density at radius 1 is 1.14 bits per heavy atom. The van der Waals surface area contributed by atoms with Crippen LogP contribution in [0.4, 0.5) is 17.1 Å². The van der Waals surface area contributed by atoms with Gasteiger partial charge in [0, 0.05) is 12.2 Å². The molecule has 1 aliphatic heterocycles. The molecule has 108 valence electrons. The Labute approximate surface area is 124 Å². The smallest absolute Gasteiger partial charge is 0.248 e. The van der Waals surface area contributed by atoms with E-state index in [9.17, 15) is 4.79 Å². The monoisotopic (exact) mass is 281 g/mol. The molecule has 1 aliphatic rings. The predicted octanol–water partition coefficient (Wildman–Crippen LogP) is 3.09. The van der Waals surface area contributed by atoms with E-state index >= 15 is 0 Å². The first-order valence-corrected chi connectivity index (χ1v) is 7.25. The largest absolute Gasteiger partial charge is 0.381 e. The van der Waals surface area contributed by atoms with Crippen molar-refractivity contribution in [1.82, 2.24) is 0 Å². The summed E-state index contributed by atoms with van der Waals surface area (Å²) in [6.45, 7) is 2.69. The molecule has 0 fully saturated rings. The van der Waals surface area contributed by atoms with E-state index in [2.05, 4.69) is 22.9 Å². The van der Waals surface area contributed by atoms with E-state index in [1.165, 1.54) is 5.56 Å². The van der Waals surface area contributed by atoms with Crippen molar-refractivity contribution in [3.63, 3.8) is 0 Å². The van der Waals surface area contributed by atoms with Crippen LogP contribution in [0.25, 0.3) is 0 Å². The van der Waals surface area contributed by atoms with Gasteiger partial charge in [-0.05, 0) is 36.2 Å². The molecule has 3 rings (SSSR count). The van der Waals surface area contributed by atoms with Crippen LogP contribution in [0.3, 0.4) is 0 Å². The van der Waals surface area contributed by atoms with Crippen LogP contribution in [0.5, 0.6) is 0 Å². The molecule has 0 aliphatic carbocycles. The number of carbonyl (C=O) groups excluding carboxylic acids is 1. The molecule has 0 bridgehead atoms. The Hall–Kier alpha value is -2.49. The summed E-state index contributed by atoms with van der Waals surface area (Å²) in [5, 5.41) is 9.49. The van der Waals surface area contributed by atoms with E-state index in [1.54, 1.807) is 0 Å². The third-order valence-electron chi connectivity index (χ3n) is 3.70. The second-order valence-electron chi connectivity index (χ2n) is 5.16.